The molecular formula is C11H12F3NO3. The van der Waals surface area contributed by atoms with Gasteiger partial charge in [0, 0.05) is 23.5 Å². The number of hydrogen-bond donors (Lipinski definition) is 1. The second kappa shape index (κ2) is 4.15. The fourth-order valence-corrected chi connectivity index (χ4v) is 1.91. The maximum atomic E-state index is 13.0. The predicted molar refractivity (Wildman–Crippen MR) is 57.5 cm³/mol. The molecular weight excluding hydrogens is 251 g/mol. The van der Waals surface area contributed by atoms with Crippen molar-refractivity contribution in [3.05, 3.63) is 33.7 Å². The third-order valence-corrected chi connectivity index (χ3v) is 2.82. The zero-order chi connectivity index (χ0) is 14.3. The molecule has 0 saturated carbocycles. The van der Waals surface area contributed by atoms with Crippen LogP contribution in [0.25, 0.3) is 0 Å². The summed E-state index contributed by atoms with van der Waals surface area (Å²) < 4.78 is 39.7. The van der Waals surface area contributed by atoms with Gasteiger partial charge >= 0.3 is 12.1 Å². The summed E-state index contributed by atoms with van der Waals surface area (Å²) in [6.07, 6.45) is -4.98. The molecule has 0 fully saturated rings. The molecule has 0 aliphatic rings. The standard InChI is InChI=1S/C11H12F3NO3/c1-6-4-8(16)5-7(2)15(6)10(3,9(17)18)11(12,13)14/h4-5H,1-3H3,(H,17,18). The van der Waals surface area contributed by atoms with E-state index in [-0.39, 0.29) is 11.4 Å². The summed E-state index contributed by atoms with van der Waals surface area (Å²) in [5.41, 5.74) is -3.67. The number of pyridine rings is 1. The molecule has 4 nitrogen and oxygen atoms in total. The summed E-state index contributed by atoms with van der Waals surface area (Å²) in [6.45, 7) is 3.10. The Morgan fingerprint density at radius 2 is 1.61 bits per heavy atom. The lowest BCUT2D eigenvalue weighted by Crippen LogP contribution is -2.53. The van der Waals surface area contributed by atoms with Gasteiger partial charge in [-0.1, -0.05) is 0 Å². The molecule has 1 rings (SSSR count). The topological polar surface area (TPSA) is 59.3 Å². The summed E-state index contributed by atoms with van der Waals surface area (Å²) in [7, 11) is 0. The summed E-state index contributed by atoms with van der Waals surface area (Å²) in [5.74, 6) is -2.02. The van der Waals surface area contributed by atoms with Crippen molar-refractivity contribution in [2.45, 2.75) is 32.5 Å². The van der Waals surface area contributed by atoms with Crippen LogP contribution in [0.1, 0.15) is 18.3 Å². The molecule has 0 saturated heterocycles. The van der Waals surface area contributed by atoms with Crippen LogP contribution in [-0.4, -0.2) is 21.8 Å². The highest BCUT2D eigenvalue weighted by atomic mass is 19.4. The third kappa shape index (κ3) is 2.00. The molecule has 0 aromatic carbocycles. The fourth-order valence-electron chi connectivity index (χ4n) is 1.91. The quantitative estimate of drug-likeness (QED) is 0.885. The van der Waals surface area contributed by atoms with Crippen LogP contribution in [0.2, 0.25) is 0 Å². The van der Waals surface area contributed by atoms with Gasteiger partial charge in [0.05, 0.1) is 0 Å². The highest BCUT2D eigenvalue weighted by Crippen LogP contribution is 2.38. The van der Waals surface area contributed by atoms with Gasteiger partial charge < -0.3 is 9.67 Å². The molecule has 1 aromatic heterocycles. The number of aliphatic carboxylic acids is 1. The van der Waals surface area contributed by atoms with Crippen molar-refractivity contribution in [2.75, 3.05) is 0 Å². The minimum Gasteiger partial charge on any atom is -0.479 e. The molecule has 0 aliphatic heterocycles. The predicted octanol–water partition coefficient (Wildman–Crippen LogP) is 1.83. The van der Waals surface area contributed by atoms with Crippen LogP contribution in [0.4, 0.5) is 13.2 Å². The zero-order valence-electron chi connectivity index (χ0n) is 10.00. The minimum absolute atomic E-state index is 0.0535. The van der Waals surface area contributed by atoms with Crippen molar-refractivity contribution < 1.29 is 23.1 Å². The first-order chi connectivity index (χ1) is 8.01. The minimum atomic E-state index is -4.98. The Kier molecular flexibility index (Phi) is 3.29. The monoisotopic (exact) mass is 263 g/mol. The van der Waals surface area contributed by atoms with Gasteiger partial charge in [0.25, 0.3) is 0 Å². The first kappa shape index (κ1) is 14.3. The van der Waals surface area contributed by atoms with E-state index in [1.165, 1.54) is 13.8 Å². The van der Waals surface area contributed by atoms with Gasteiger partial charge in [-0.2, -0.15) is 13.2 Å². The highest BCUT2D eigenvalue weighted by Gasteiger charge is 2.59. The van der Waals surface area contributed by atoms with Gasteiger partial charge in [0.15, 0.2) is 5.43 Å². The van der Waals surface area contributed by atoms with Crippen molar-refractivity contribution in [1.29, 1.82) is 0 Å². The molecule has 0 amide bonds. The van der Waals surface area contributed by atoms with Gasteiger partial charge in [0.2, 0.25) is 5.54 Å². The molecule has 0 bridgehead atoms. The molecule has 1 N–H and O–H groups in total. The van der Waals surface area contributed by atoms with Crippen molar-refractivity contribution in [1.82, 2.24) is 4.57 Å². The number of rotatable bonds is 2. The van der Waals surface area contributed by atoms with Crippen molar-refractivity contribution in [2.24, 2.45) is 0 Å². The van der Waals surface area contributed by atoms with Crippen LogP contribution in [0.15, 0.2) is 16.9 Å². The number of halogens is 3. The first-order valence-corrected chi connectivity index (χ1v) is 5.02. The SMILES string of the molecule is Cc1cc(=O)cc(C)n1C(C)(C(=O)O)C(F)(F)F. The van der Waals surface area contributed by atoms with Crippen LogP contribution >= 0.6 is 0 Å². The van der Waals surface area contributed by atoms with E-state index in [9.17, 15) is 22.8 Å². The van der Waals surface area contributed by atoms with E-state index in [0.29, 0.717) is 11.5 Å². The largest absolute Gasteiger partial charge is 0.479 e. The Labute approximate surface area is 101 Å². The van der Waals surface area contributed by atoms with E-state index in [2.05, 4.69) is 0 Å². The summed E-state index contributed by atoms with van der Waals surface area (Å²) in [4.78, 5) is 22.2. The number of alkyl halides is 3. The third-order valence-electron chi connectivity index (χ3n) is 2.82. The molecule has 0 radical (unpaired) electrons. The summed E-state index contributed by atoms with van der Waals surface area (Å²) >= 11 is 0. The molecule has 1 unspecified atom stereocenters. The number of carboxylic acid groups (broad SMARTS) is 1. The molecule has 1 atom stereocenters. The average molecular weight is 263 g/mol. The van der Waals surface area contributed by atoms with Gasteiger partial charge in [-0.05, 0) is 20.8 Å². The lowest BCUT2D eigenvalue weighted by molar-refractivity contribution is -0.220. The Balaban J connectivity index is 3.71. The number of nitrogens with zero attached hydrogens (tertiary/aromatic N) is 1. The zero-order valence-corrected chi connectivity index (χ0v) is 10.00. The normalized spacial score (nSPS) is 15.2. The van der Waals surface area contributed by atoms with Crippen LogP contribution in [0, 0.1) is 13.8 Å². The lowest BCUT2D eigenvalue weighted by atomic mass is 9.99. The number of carbonyl (C=O) groups is 1. The molecule has 18 heavy (non-hydrogen) atoms. The average Bonchev–Trinajstić information content (AvgIpc) is 2.13. The smallest absolute Gasteiger partial charge is 0.422 e. The second-order valence-electron chi connectivity index (χ2n) is 4.18. The molecule has 1 heterocycles. The Hall–Kier alpha value is -1.79. The summed E-state index contributed by atoms with van der Waals surface area (Å²) in [6, 6.07) is 1.94. The van der Waals surface area contributed by atoms with E-state index < -0.39 is 23.1 Å². The van der Waals surface area contributed by atoms with E-state index >= 15 is 0 Å². The van der Waals surface area contributed by atoms with Crippen LogP contribution in [0.5, 0.6) is 0 Å². The van der Waals surface area contributed by atoms with Gasteiger partial charge in [-0.25, -0.2) is 4.79 Å². The van der Waals surface area contributed by atoms with E-state index in [4.69, 9.17) is 5.11 Å². The first-order valence-electron chi connectivity index (χ1n) is 5.02. The van der Waals surface area contributed by atoms with Crippen molar-refractivity contribution >= 4 is 5.97 Å². The molecule has 7 heteroatoms. The lowest BCUT2D eigenvalue weighted by Gasteiger charge is -2.33. The van der Waals surface area contributed by atoms with Crippen molar-refractivity contribution in [3.8, 4) is 0 Å². The number of hydrogen-bond acceptors (Lipinski definition) is 2. The summed E-state index contributed by atoms with van der Waals surface area (Å²) in [5, 5.41) is 8.92. The Bertz CT molecular complexity index is 521. The number of aryl methyl sites for hydroxylation is 2. The Morgan fingerprint density at radius 1 is 1.22 bits per heavy atom. The van der Waals surface area contributed by atoms with Crippen LogP contribution in [0.3, 0.4) is 0 Å². The van der Waals surface area contributed by atoms with E-state index in [0.717, 1.165) is 12.1 Å². The van der Waals surface area contributed by atoms with Gasteiger partial charge in [0.1, 0.15) is 0 Å². The molecule has 0 aliphatic carbocycles. The Morgan fingerprint density at radius 3 is 1.89 bits per heavy atom. The maximum Gasteiger partial charge on any atom is 0.422 e. The molecule has 0 spiro atoms. The van der Waals surface area contributed by atoms with Gasteiger partial charge in [-0.3, -0.25) is 4.79 Å². The van der Waals surface area contributed by atoms with Crippen LogP contribution in [-0.2, 0) is 10.3 Å². The maximum absolute atomic E-state index is 13.0. The van der Waals surface area contributed by atoms with E-state index in [1.807, 2.05) is 0 Å². The van der Waals surface area contributed by atoms with Gasteiger partial charge in [-0.15, -0.1) is 0 Å². The van der Waals surface area contributed by atoms with E-state index in [1.54, 1.807) is 0 Å². The molecule has 100 valence electrons. The highest BCUT2D eigenvalue weighted by molar-refractivity contribution is 5.77. The number of carboxylic acids is 1. The molecule has 1 aromatic rings. The second-order valence-corrected chi connectivity index (χ2v) is 4.18. The fraction of sp³-hybridized carbons (Fsp3) is 0.455. The van der Waals surface area contributed by atoms with Crippen LogP contribution < -0.4 is 5.43 Å². The number of aromatic nitrogens is 1. The van der Waals surface area contributed by atoms with Crippen molar-refractivity contribution in [3.63, 3.8) is 0 Å².